The Labute approximate surface area is 295 Å². The Kier molecular flexibility index (Phi) is 10.6. The summed E-state index contributed by atoms with van der Waals surface area (Å²) in [4.78, 5) is 41.4. The van der Waals surface area contributed by atoms with Crippen molar-refractivity contribution in [2.24, 2.45) is 0 Å². The van der Waals surface area contributed by atoms with Crippen molar-refractivity contribution >= 4 is 46.7 Å². The standard InChI is InChI=1S/C38H32F3N5O4S/c39-38(40,41)28-10-6-11-30(22-28)46-18-15-34(44-46)43-37(50)32-23-29(45-16-2-1-3-17-45)13-14-33(32)42-36(49)27-9-4-8-26(19-27)24-51-31-12-5-7-25(20-31)21-35(47)48/h1-2,4-15,18-20,22-23H,3,16-17,21,24H2,(H,42,49)(H,47,48)(H,43,44,50). The number of alkyl halides is 3. The van der Waals surface area contributed by atoms with E-state index >= 15 is 0 Å². The van der Waals surface area contributed by atoms with E-state index in [9.17, 15) is 27.6 Å². The first-order valence-electron chi connectivity index (χ1n) is 15.9. The lowest BCUT2D eigenvalue weighted by atomic mass is 10.1. The molecule has 0 aliphatic carbocycles. The van der Waals surface area contributed by atoms with Crippen LogP contribution in [0.25, 0.3) is 5.69 Å². The van der Waals surface area contributed by atoms with Crippen molar-refractivity contribution in [1.29, 1.82) is 0 Å². The fourth-order valence-corrected chi connectivity index (χ4v) is 6.45. The summed E-state index contributed by atoms with van der Waals surface area (Å²) in [7, 11) is 0. The van der Waals surface area contributed by atoms with Gasteiger partial charge in [-0.15, -0.1) is 11.8 Å². The van der Waals surface area contributed by atoms with Crippen LogP contribution in [-0.4, -0.2) is 45.8 Å². The van der Waals surface area contributed by atoms with Gasteiger partial charge in [-0.3, -0.25) is 14.4 Å². The minimum Gasteiger partial charge on any atom is -0.481 e. The first kappa shape index (κ1) is 35.0. The smallest absolute Gasteiger partial charge is 0.416 e. The number of amides is 2. The number of hydrogen-bond donors (Lipinski definition) is 3. The molecule has 1 aliphatic heterocycles. The highest BCUT2D eigenvalue weighted by atomic mass is 32.2. The number of rotatable bonds is 11. The van der Waals surface area contributed by atoms with Crippen LogP contribution >= 0.6 is 11.8 Å². The number of halogens is 3. The molecule has 2 heterocycles. The maximum Gasteiger partial charge on any atom is 0.416 e. The van der Waals surface area contributed by atoms with Crippen LogP contribution in [-0.2, 0) is 23.1 Å². The monoisotopic (exact) mass is 711 g/mol. The Balaban J connectivity index is 1.20. The van der Waals surface area contributed by atoms with Gasteiger partial charge in [-0.2, -0.15) is 18.3 Å². The summed E-state index contributed by atoms with van der Waals surface area (Å²) in [6.45, 7) is 1.40. The van der Waals surface area contributed by atoms with Gasteiger partial charge in [0.15, 0.2) is 5.82 Å². The van der Waals surface area contributed by atoms with Crippen LogP contribution in [0.15, 0.2) is 120 Å². The molecule has 3 N–H and O–H groups in total. The summed E-state index contributed by atoms with van der Waals surface area (Å²) < 4.78 is 41.1. The number of nitrogens with one attached hydrogen (secondary N) is 2. The minimum atomic E-state index is -4.52. The van der Waals surface area contributed by atoms with Crippen LogP contribution in [0.4, 0.5) is 30.4 Å². The number of carbonyl (C=O) groups excluding carboxylic acids is 2. The lowest BCUT2D eigenvalue weighted by Gasteiger charge is -2.26. The van der Waals surface area contributed by atoms with Crippen LogP contribution < -0.4 is 15.5 Å². The molecule has 13 heteroatoms. The molecule has 0 atom stereocenters. The molecule has 1 aliphatic rings. The molecule has 0 radical (unpaired) electrons. The van der Waals surface area contributed by atoms with Gasteiger partial charge in [0.05, 0.1) is 28.9 Å². The van der Waals surface area contributed by atoms with E-state index in [0.717, 1.165) is 41.2 Å². The van der Waals surface area contributed by atoms with Crippen molar-refractivity contribution in [2.75, 3.05) is 28.6 Å². The molecule has 0 bridgehead atoms. The van der Waals surface area contributed by atoms with Crippen LogP contribution in [0.5, 0.6) is 0 Å². The minimum absolute atomic E-state index is 0.0663. The SMILES string of the molecule is O=C(O)Cc1cccc(SCc2cccc(C(=O)Nc3ccc(N4CC=CCC4)cc3C(=O)Nc3ccn(-c4cccc(C(F)(F)F)c4)n3)c2)c1. The first-order valence-corrected chi connectivity index (χ1v) is 16.9. The van der Waals surface area contributed by atoms with E-state index < -0.39 is 29.5 Å². The Morgan fingerprint density at radius 3 is 2.41 bits per heavy atom. The predicted octanol–water partition coefficient (Wildman–Crippen LogP) is 8.08. The Morgan fingerprint density at radius 1 is 0.824 bits per heavy atom. The van der Waals surface area contributed by atoms with Gasteiger partial charge in [-0.1, -0.05) is 42.5 Å². The van der Waals surface area contributed by atoms with Crippen LogP contribution in [0.2, 0.25) is 0 Å². The van der Waals surface area contributed by atoms with Crippen LogP contribution in [0, 0.1) is 0 Å². The zero-order valence-corrected chi connectivity index (χ0v) is 27.9. The van der Waals surface area contributed by atoms with Crippen LogP contribution in [0.1, 0.15) is 43.8 Å². The lowest BCUT2D eigenvalue weighted by molar-refractivity contribution is -0.138. The van der Waals surface area contributed by atoms with E-state index in [0.29, 0.717) is 23.4 Å². The van der Waals surface area contributed by atoms with Crippen molar-refractivity contribution in [2.45, 2.75) is 29.7 Å². The van der Waals surface area contributed by atoms with Gasteiger partial charge in [0.1, 0.15) is 0 Å². The molecule has 6 rings (SSSR count). The van der Waals surface area contributed by atoms with Gasteiger partial charge >= 0.3 is 12.1 Å². The third-order valence-corrected chi connectivity index (χ3v) is 9.10. The maximum atomic E-state index is 13.7. The number of aliphatic carboxylic acids is 1. The van der Waals surface area contributed by atoms with E-state index in [2.05, 4.69) is 26.7 Å². The number of carboxylic acids is 1. The normalized spacial score (nSPS) is 12.8. The number of aromatic nitrogens is 2. The topological polar surface area (TPSA) is 117 Å². The van der Waals surface area contributed by atoms with Crippen molar-refractivity contribution in [3.05, 3.63) is 143 Å². The fraction of sp³-hybridized carbons (Fsp3) is 0.158. The maximum absolute atomic E-state index is 13.7. The summed E-state index contributed by atoms with van der Waals surface area (Å²) in [5.74, 6) is -1.25. The second-order valence-corrected chi connectivity index (χ2v) is 12.8. The van der Waals surface area contributed by atoms with E-state index in [1.807, 2.05) is 36.4 Å². The van der Waals surface area contributed by atoms with Crippen molar-refractivity contribution in [3.63, 3.8) is 0 Å². The number of hydrogen-bond acceptors (Lipinski definition) is 6. The van der Waals surface area contributed by atoms with E-state index in [4.69, 9.17) is 5.11 Å². The predicted molar refractivity (Wildman–Crippen MR) is 191 cm³/mol. The van der Waals surface area contributed by atoms with Gasteiger partial charge in [0.2, 0.25) is 0 Å². The summed E-state index contributed by atoms with van der Waals surface area (Å²) in [5, 5.41) is 19.0. The molecule has 0 fully saturated rings. The Hall–Kier alpha value is -5.82. The molecular weight excluding hydrogens is 680 g/mol. The molecule has 0 saturated carbocycles. The largest absolute Gasteiger partial charge is 0.481 e. The molecule has 51 heavy (non-hydrogen) atoms. The van der Waals surface area contributed by atoms with Gasteiger partial charge in [0, 0.05) is 47.3 Å². The highest BCUT2D eigenvalue weighted by molar-refractivity contribution is 7.98. The molecule has 0 unspecified atom stereocenters. The number of carbonyl (C=O) groups is 3. The number of anilines is 3. The average molecular weight is 712 g/mol. The third kappa shape index (κ3) is 9.05. The summed E-state index contributed by atoms with van der Waals surface area (Å²) in [6.07, 6.45) is 1.83. The lowest BCUT2D eigenvalue weighted by Crippen LogP contribution is -2.27. The van der Waals surface area contributed by atoms with Crippen molar-refractivity contribution in [1.82, 2.24) is 9.78 Å². The van der Waals surface area contributed by atoms with Gasteiger partial charge in [-0.25, -0.2) is 4.68 Å². The fourth-order valence-electron chi connectivity index (χ4n) is 5.53. The summed E-state index contributed by atoms with van der Waals surface area (Å²) in [6, 6.07) is 25.8. The quantitative estimate of drug-likeness (QED) is 0.0937. The molecule has 0 spiro atoms. The molecule has 260 valence electrons. The molecule has 9 nitrogen and oxygen atoms in total. The van der Waals surface area contributed by atoms with Crippen molar-refractivity contribution in [3.8, 4) is 5.69 Å². The van der Waals surface area contributed by atoms with Gasteiger partial charge < -0.3 is 20.6 Å². The molecule has 5 aromatic rings. The number of nitrogens with zero attached hydrogens (tertiary/aromatic N) is 3. The second-order valence-electron chi connectivity index (χ2n) is 11.7. The highest BCUT2D eigenvalue weighted by Crippen LogP contribution is 2.31. The number of thioether (sulfide) groups is 1. The zero-order chi connectivity index (χ0) is 36.0. The van der Waals surface area contributed by atoms with Crippen LogP contribution in [0.3, 0.4) is 0 Å². The Morgan fingerprint density at radius 2 is 1.63 bits per heavy atom. The number of carboxylic acid groups (broad SMARTS) is 1. The molecule has 2 amide bonds. The highest BCUT2D eigenvalue weighted by Gasteiger charge is 2.30. The van der Waals surface area contributed by atoms with Gasteiger partial charge in [-0.05, 0) is 78.2 Å². The second kappa shape index (κ2) is 15.4. The molecule has 1 aromatic heterocycles. The van der Waals surface area contributed by atoms with Crippen molar-refractivity contribution < 1.29 is 32.7 Å². The zero-order valence-electron chi connectivity index (χ0n) is 27.1. The average Bonchev–Trinajstić information content (AvgIpc) is 3.59. The van der Waals surface area contributed by atoms with E-state index in [1.54, 1.807) is 36.4 Å². The third-order valence-electron chi connectivity index (χ3n) is 8.04. The van der Waals surface area contributed by atoms with Gasteiger partial charge in [0.25, 0.3) is 11.8 Å². The number of benzene rings is 4. The molecule has 4 aromatic carbocycles. The first-order chi connectivity index (χ1) is 24.5. The molecular formula is C38H32F3N5O4S. The molecule has 0 saturated heterocycles. The summed E-state index contributed by atoms with van der Waals surface area (Å²) in [5.41, 5.74) is 2.53. The Bertz CT molecular complexity index is 2110. The van der Waals surface area contributed by atoms with E-state index in [-0.39, 0.29) is 29.2 Å². The summed E-state index contributed by atoms with van der Waals surface area (Å²) >= 11 is 1.52. The van der Waals surface area contributed by atoms with E-state index in [1.165, 1.54) is 40.8 Å².